The minimum Gasteiger partial charge on any atom is -0.356 e. The maximum Gasteiger partial charge on any atom is 0.221 e. The number of nitrogens with zero attached hydrogens (tertiary/aromatic N) is 1. The highest BCUT2D eigenvalue weighted by atomic mass is 127. The fraction of sp³-hybridized carbons (Fsp3) is 0.579. The molecule has 6 heteroatoms. The van der Waals surface area contributed by atoms with Gasteiger partial charge in [0.25, 0.3) is 0 Å². The lowest BCUT2D eigenvalue weighted by Crippen LogP contribution is -2.43. The number of aliphatic imine (C=N–C) groups is 1. The number of hydrogen-bond donors (Lipinski definition) is 3. The van der Waals surface area contributed by atoms with Crippen LogP contribution >= 0.6 is 24.0 Å². The van der Waals surface area contributed by atoms with E-state index in [4.69, 9.17) is 0 Å². The molecule has 2 atom stereocenters. The Bertz CT molecular complexity index is 507. The number of guanidine groups is 1. The van der Waals surface area contributed by atoms with Gasteiger partial charge in [-0.15, -0.1) is 24.0 Å². The third kappa shape index (κ3) is 11.0. The van der Waals surface area contributed by atoms with E-state index in [-0.39, 0.29) is 35.9 Å². The molecule has 5 nitrogen and oxygen atoms in total. The minimum absolute atomic E-state index is 0. The van der Waals surface area contributed by atoms with Gasteiger partial charge >= 0.3 is 0 Å². The van der Waals surface area contributed by atoms with Crippen LogP contribution in [0.2, 0.25) is 0 Å². The first-order valence-corrected chi connectivity index (χ1v) is 8.85. The number of halogens is 1. The van der Waals surface area contributed by atoms with Crippen LogP contribution in [0.15, 0.2) is 35.3 Å². The van der Waals surface area contributed by atoms with Gasteiger partial charge in [-0.2, -0.15) is 0 Å². The van der Waals surface area contributed by atoms with Gasteiger partial charge in [-0.25, -0.2) is 0 Å². The molecule has 25 heavy (non-hydrogen) atoms. The summed E-state index contributed by atoms with van der Waals surface area (Å²) in [4.78, 5) is 16.0. The van der Waals surface area contributed by atoms with Gasteiger partial charge in [-0.1, -0.05) is 37.3 Å². The molecule has 1 aromatic rings. The van der Waals surface area contributed by atoms with Gasteiger partial charge in [0.15, 0.2) is 5.96 Å². The molecule has 1 rings (SSSR count). The van der Waals surface area contributed by atoms with Crippen molar-refractivity contribution in [3.63, 3.8) is 0 Å². The Morgan fingerprint density at radius 2 is 1.80 bits per heavy atom. The first kappa shape index (κ1) is 23.7. The predicted octanol–water partition coefficient (Wildman–Crippen LogP) is 3.10. The van der Waals surface area contributed by atoms with Crippen LogP contribution < -0.4 is 16.0 Å². The van der Waals surface area contributed by atoms with Gasteiger partial charge in [-0.3, -0.25) is 9.79 Å². The van der Waals surface area contributed by atoms with Gasteiger partial charge in [0.1, 0.15) is 0 Å². The summed E-state index contributed by atoms with van der Waals surface area (Å²) in [7, 11) is 1.75. The van der Waals surface area contributed by atoms with Gasteiger partial charge in [0.2, 0.25) is 5.91 Å². The molecule has 0 spiro atoms. The van der Waals surface area contributed by atoms with Crippen molar-refractivity contribution >= 4 is 35.8 Å². The molecule has 0 radical (unpaired) electrons. The maximum atomic E-state index is 11.8. The Kier molecular flexibility index (Phi) is 13.2. The molecule has 0 fully saturated rings. The van der Waals surface area contributed by atoms with Crippen LogP contribution in [0.5, 0.6) is 0 Å². The van der Waals surface area contributed by atoms with Crippen LogP contribution in [0, 0.1) is 0 Å². The highest BCUT2D eigenvalue weighted by Crippen LogP contribution is 2.04. The summed E-state index contributed by atoms with van der Waals surface area (Å²) < 4.78 is 0. The molecule has 0 aliphatic heterocycles. The Labute approximate surface area is 169 Å². The molecule has 0 aliphatic carbocycles. The number of hydrogen-bond acceptors (Lipinski definition) is 2. The van der Waals surface area contributed by atoms with E-state index in [1.807, 2.05) is 13.0 Å². The smallest absolute Gasteiger partial charge is 0.221 e. The molecule has 0 saturated heterocycles. The quantitative estimate of drug-likeness (QED) is 0.302. The van der Waals surface area contributed by atoms with Crippen molar-refractivity contribution in [3.05, 3.63) is 35.9 Å². The first-order chi connectivity index (χ1) is 11.5. The maximum absolute atomic E-state index is 11.8. The summed E-state index contributed by atoms with van der Waals surface area (Å²) in [5.41, 5.74) is 1.34. The highest BCUT2D eigenvalue weighted by Gasteiger charge is 2.08. The molecular weight excluding hydrogens is 427 g/mol. The second-order valence-corrected chi connectivity index (χ2v) is 6.20. The van der Waals surface area contributed by atoms with Crippen LogP contribution in [0.1, 0.15) is 45.6 Å². The summed E-state index contributed by atoms with van der Waals surface area (Å²) >= 11 is 0. The van der Waals surface area contributed by atoms with Crippen LogP contribution in [0.4, 0.5) is 0 Å². The van der Waals surface area contributed by atoms with E-state index in [1.165, 1.54) is 5.56 Å². The van der Waals surface area contributed by atoms with Crippen molar-refractivity contribution in [1.29, 1.82) is 0 Å². The van der Waals surface area contributed by atoms with Crippen LogP contribution in [-0.4, -0.2) is 37.5 Å². The van der Waals surface area contributed by atoms with Crippen molar-refractivity contribution in [3.8, 4) is 0 Å². The minimum atomic E-state index is 0. The molecule has 2 unspecified atom stereocenters. The zero-order valence-corrected chi connectivity index (χ0v) is 18.2. The second kappa shape index (κ2) is 13.9. The molecule has 0 bridgehead atoms. The van der Waals surface area contributed by atoms with Crippen molar-refractivity contribution in [2.24, 2.45) is 4.99 Å². The lowest BCUT2D eigenvalue weighted by molar-refractivity contribution is -0.121. The molecule has 142 valence electrons. The predicted molar refractivity (Wildman–Crippen MR) is 117 cm³/mol. The molecule has 1 aromatic carbocycles. The number of nitrogens with one attached hydrogen (secondary N) is 3. The second-order valence-electron chi connectivity index (χ2n) is 6.20. The Morgan fingerprint density at radius 3 is 2.40 bits per heavy atom. The van der Waals surface area contributed by atoms with Gasteiger partial charge in [0, 0.05) is 32.1 Å². The summed E-state index contributed by atoms with van der Waals surface area (Å²) in [5, 5.41) is 9.53. The number of benzene rings is 1. The van der Waals surface area contributed by atoms with E-state index >= 15 is 0 Å². The highest BCUT2D eigenvalue weighted by molar-refractivity contribution is 14.0. The lowest BCUT2D eigenvalue weighted by Gasteiger charge is -2.18. The fourth-order valence-corrected chi connectivity index (χ4v) is 2.27. The molecule has 0 saturated carbocycles. The van der Waals surface area contributed by atoms with Crippen molar-refractivity contribution in [2.45, 2.75) is 58.5 Å². The summed E-state index contributed by atoms with van der Waals surface area (Å²) in [6.07, 6.45) is 3.45. The van der Waals surface area contributed by atoms with Gasteiger partial charge in [0.05, 0.1) is 0 Å². The summed E-state index contributed by atoms with van der Waals surface area (Å²) in [6.45, 7) is 6.80. The Balaban J connectivity index is 0.00000576. The van der Waals surface area contributed by atoms with Gasteiger partial charge in [-0.05, 0) is 38.7 Å². The molecular formula is C19H33IN4O. The Morgan fingerprint density at radius 1 is 1.12 bits per heavy atom. The standard InChI is InChI=1S/C19H32N4O.HI/c1-5-15(2)22-18(24)13-14-21-19(20-4)23-16(3)11-12-17-9-7-6-8-10-17;/h6-10,15-16H,5,11-14H2,1-4H3,(H,22,24)(H2,20,21,23);1H. The van der Waals surface area contributed by atoms with Crippen molar-refractivity contribution in [1.82, 2.24) is 16.0 Å². The number of amides is 1. The fourth-order valence-electron chi connectivity index (χ4n) is 2.27. The van der Waals surface area contributed by atoms with E-state index in [0.29, 0.717) is 19.0 Å². The zero-order chi connectivity index (χ0) is 17.8. The zero-order valence-electron chi connectivity index (χ0n) is 15.8. The van der Waals surface area contributed by atoms with E-state index in [2.05, 4.69) is 59.1 Å². The van der Waals surface area contributed by atoms with Crippen LogP contribution in [0.25, 0.3) is 0 Å². The molecule has 3 N–H and O–H groups in total. The molecule has 0 heterocycles. The van der Waals surface area contributed by atoms with Gasteiger partial charge < -0.3 is 16.0 Å². The molecule has 0 aliphatic rings. The van der Waals surface area contributed by atoms with Crippen LogP contribution in [0.3, 0.4) is 0 Å². The van der Waals surface area contributed by atoms with Crippen molar-refractivity contribution < 1.29 is 4.79 Å². The average Bonchev–Trinajstić information content (AvgIpc) is 2.59. The summed E-state index contributed by atoms with van der Waals surface area (Å²) in [6, 6.07) is 11.0. The Hall–Kier alpha value is -1.31. The number of carbonyl (C=O) groups is 1. The third-order valence-electron chi connectivity index (χ3n) is 3.98. The number of aryl methyl sites for hydroxylation is 1. The van der Waals surface area contributed by atoms with E-state index in [9.17, 15) is 4.79 Å². The average molecular weight is 460 g/mol. The topological polar surface area (TPSA) is 65.5 Å². The first-order valence-electron chi connectivity index (χ1n) is 8.85. The van der Waals surface area contributed by atoms with E-state index < -0.39 is 0 Å². The van der Waals surface area contributed by atoms with E-state index in [1.54, 1.807) is 7.05 Å². The number of carbonyl (C=O) groups excluding carboxylic acids is 1. The molecule has 1 amide bonds. The molecule has 0 aromatic heterocycles. The monoisotopic (exact) mass is 460 g/mol. The normalized spacial score (nSPS) is 13.4. The SMILES string of the molecule is CCC(C)NC(=O)CCNC(=NC)NC(C)CCc1ccccc1.I. The van der Waals surface area contributed by atoms with E-state index in [0.717, 1.165) is 25.2 Å². The van der Waals surface area contributed by atoms with Crippen LogP contribution in [-0.2, 0) is 11.2 Å². The number of rotatable bonds is 9. The summed E-state index contributed by atoms with van der Waals surface area (Å²) in [5.74, 6) is 0.816. The largest absolute Gasteiger partial charge is 0.356 e. The lowest BCUT2D eigenvalue weighted by atomic mass is 10.1. The van der Waals surface area contributed by atoms with Crippen molar-refractivity contribution in [2.75, 3.05) is 13.6 Å². The third-order valence-corrected chi connectivity index (χ3v) is 3.98.